The van der Waals surface area contributed by atoms with Crippen LogP contribution in [0.3, 0.4) is 0 Å². The van der Waals surface area contributed by atoms with E-state index >= 15 is 0 Å². The Bertz CT molecular complexity index is 3550. The van der Waals surface area contributed by atoms with Crippen LogP contribution >= 0.6 is 23.2 Å². The maximum Gasteiger partial charge on any atom is 0.130 e. The van der Waals surface area contributed by atoms with E-state index in [1.807, 2.05) is 73.1 Å². The SMILES string of the molecule is CC(C)c1cc(C2=Cc3c(F)cccc3C2)ncc1Cl.CC(C)c1cc(C2=Cc3c(F)cccc3C2)ncc1Cl.CC(C)c1cnnc(C2=Cc3c(C#N)cccc3C2)c1.Cc1cnc(C2=Cc3c(F)cccc3C2)cc1C(C)C. The Labute approximate surface area is 478 Å². The third-order valence-electron chi connectivity index (χ3n) is 15.0. The van der Waals surface area contributed by atoms with Crippen molar-refractivity contribution in [1.29, 1.82) is 5.26 Å². The second-order valence-electron chi connectivity index (χ2n) is 21.9. The van der Waals surface area contributed by atoms with Crippen molar-refractivity contribution in [2.24, 2.45) is 0 Å². The van der Waals surface area contributed by atoms with Crippen molar-refractivity contribution in [3.05, 3.63) is 250 Å². The Hall–Kier alpha value is -7.77. The molecule has 4 aromatic carbocycles. The number of hydrogen-bond donors (Lipinski definition) is 0. The number of aromatic nitrogens is 5. The summed E-state index contributed by atoms with van der Waals surface area (Å²) >= 11 is 12.3. The fourth-order valence-electron chi connectivity index (χ4n) is 10.4. The summed E-state index contributed by atoms with van der Waals surface area (Å²) in [4.78, 5) is 13.3. The molecular weight excluding hydrogens is 1040 g/mol. The predicted molar refractivity (Wildman–Crippen MR) is 323 cm³/mol. The van der Waals surface area contributed by atoms with Crippen molar-refractivity contribution in [1.82, 2.24) is 25.1 Å². The molecule has 0 unspecified atom stereocenters. The van der Waals surface area contributed by atoms with Crippen LogP contribution < -0.4 is 0 Å². The molecular formula is C69H63Cl2F3N6. The van der Waals surface area contributed by atoms with Crippen LogP contribution in [0, 0.1) is 35.7 Å². The third-order valence-corrected chi connectivity index (χ3v) is 15.6. The van der Waals surface area contributed by atoms with Crippen molar-refractivity contribution >= 4 is 69.8 Å². The summed E-state index contributed by atoms with van der Waals surface area (Å²) in [6.07, 6.45) is 17.9. The van der Waals surface area contributed by atoms with Gasteiger partial charge < -0.3 is 0 Å². The minimum atomic E-state index is -0.171. The van der Waals surface area contributed by atoms with Crippen LogP contribution in [0.5, 0.6) is 0 Å². The minimum Gasteiger partial charge on any atom is -0.256 e. The molecule has 12 rings (SSSR count). The topological polar surface area (TPSA) is 88.2 Å². The Morgan fingerprint density at radius 2 is 0.825 bits per heavy atom. The summed E-state index contributed by atoms with van der Waals surface area (Å²) in [7, 11) is 0. The van der Waals surface area contributed by atoms with Gasteiger partial charge in [-0.05, 0) is 181 Å². The smallest absolute Gasteiger partial charge is 0.130 e. The van der Waals surface area contributed by atoms with Crippen LogP contribution in [0.2, 0.25) is 10.0 Å². The van der Waals surface area contributed by atoms with E-state index in [0.29, 0.717) is 44.8 Å². The maximum absolute atomic E-state index is 13.8. The Morgan fingerprint density at radius 3 is 1.23 bits per heavy atom. The molecule has 4 heterocycles. The number of nitrogens with zero attached hydrogens (tertiary/aromatic N) is 6. The number of hydrogen-bond acceptors (Lipinski definition) is 6. The number of pyridine rings is 3. The Balaban J connectivity index is 0.000000129. The molecule has 0 atom stereocenters. The van der Waals surface area contributed by atoms with Crippen molar-refractivity contribution in [2.45, 2.75) is 112 Å². The maximum atomic E-state index is 13.8. The first-order valence-corrected chi connectivity index (χ1v) is 27.9. The summed E-state index contributed by atoms with van der Waals surface area (Å²) in [5.41, 5.74) is 22.0. The average molecular weight is 1100 g/mol. The molecule has 0 saturated heterocycles. The van der Waals surface area contributed by atoms with Gasteiger partial charge in [-0.15, -0.1) is 0 Å². The van der Waals surface area contributed by atoms with Gasteiger partial charge in [-0.2, -0.15) is 15.5 Å². The molecule has 11 heteroatoms. The van der Waals surface area contributed by atoms with Crippen LogP contribution in [0.15, 0.2) is 122 Å². The third kappa shape index (κ3) is 12.6. The molecule has 6 nitrogen and oxygen atoms in total. The van der Waals surface area contributed by atoms with Gasteiger partial charge >= 0.3 is 0 Å². The summed E-state index contributed by atoms with van der Waals surface area (Å²) in [5, 5.41) is 18.9. The molecule has 8 aromatic rings. The lowest BCUT2D eigenvalue weighted by Crippen LogP contribution is -1.97. The second-order valence-corrected chi connectivity index (χ2v) is 22.7. The normalized spacial score (nSPS) is 13.4. The molecule has 0 saturated carbocycles. The van der Waals surface area contributed by atoms with Gasteiger partial charge in [-0.1, -0.05) is 127 Å². The van der Waals surface area contributed by atoms with E-state index in [1.165, 1.54) is 40.5 Å². The molecule has 4 aliphatic rings. The molecule has 0 radical (unpaired) electrons. The van der Waals surface area contributed by atoms with Crippen molar-refractivity contribution < 1.29 is 13.2 Å². The summed E-state index contributed by atoms with van der Waals surface area (Å²) < 4.78 is 41.3. The quantitative estimate of drug-likeness (QED) is 0.151. The molecule has 4 aromatic heterocycles. The Morgan fingerprint density at radius 1 is 0.450 bits per heavy atom. The second kappa shape index (κ2) is 24.7. The van der Waals surface area contributed by atoms with Gasteiger partial charge in [0.25, 0.3) is 0 Å². The van der Waals surface area contributed by atoms with Crippen LogP contribution in [0.1, 0.15) is 180 Å². The Kier molecular flexibility index (Phi) is 17.6. The number of fused-ring (bicyclic) bond motifs is 4. The van der Waals surface area contributed by atoms with Crippen LogP contribution in [-0.2, 0) is 25.7 Å². The molecule has 80 heavy (non-hydrogen) atoms. The lowest BCUT2D eigenvalue weighted by atomic mass is 9.97. The van der Waals surface area contributed by atoms with Gasteiger partial charge in [0.15, 0.2) is 0 Å². The van der Waals surface area contributed by atoms with Gasteiger partial charge in [0.05, 0.1) is 50.7 Å². The first kappa shape index (κ1) is 56.9. The predicted octanol–water partition coefficient (Wildman–Crippen LogP) is 18.5. The summed E-state index contributed by atoms with van der Waals surface area (Å²) in [6, 6.07) is 32.1. The number of aryl methyl sites for hydroxylation is 1. The van der Waals surface area contributed by atoms with Crippen LogP contribution in [0.25, 0.3) is 46.6 Å². The molecule has 0 N–H and O–H groups in total. The lowest BCUT2D eigenvalue weighted by Gasteiger charge is -2.11. The van der Waals surface area contributed by atoms with Gasteiger partial charge in [-0.25, -0.2) is 13.2 Å². The van der Waals surface area contributed by atoms with E-state index in [-0.39, 0.29) is 17.5 Å². The monoisotopic (exact) mass is 1100 g/mol. The first-order chi connectivity index (χ1) is 38.4. The lowest BCUT2D eigenvalue weighted by molar-refractivity contribution is 0.623. The number of allylic oxidation sites excluding steroid dienone is 4. The number of halogens is 5. The highest BCUT2D eigenvalue weighted by molar-refractivity contribution is 6.31. The zero-order chi connectivity index (χ0) is 56.9. The number of rotatable bonds is 8. The number of benzene rings is 4. The molecule has 0 aliphatic heterocycles. The van der Waals surface area contributed by atoms with Gasteiger partial charge in [-0.3, -0.25) is 15.0 Å². The van der Waals surface area contributed by atoms with E-state index < -0.39 is 0 Å². The van der Waals surface area contributed by atoms with E-state index in [1.54, 1.807) is 30.6 Å². The first-order valence-electron chi connectivity index (χ1n) is 27.1. The molecule has 0 spiro atoms. The van der Waals surface area contributed by atoms with E-state index in [2.05, 4.69) is 118 Å². The highest BCUT2D eigenvalue weighted by Crippen LogP contribution is 2.38. The largest absolute Gasteiger partial charge is 0.256 e. The van der Waals surface area contributed by atoms with Crippen molar-refractivity contribution in [3.63, 3.8) is 0 Å². The molecule has 0 bridgehead atoms. The fraction of sp³-hybridized carbons (Fsp3) is 0.246. The summed E-state index contributed by atoms with van der Waals surface area (Å²) in [5.74, 6) is 1.09. The van der Waals surface area contributed by atoms with E-state index in [9.17, 15) is 13.2 Å². The fourth-order valence-corrected chi connectivity index (χ4v) is 11.1. The molecule has 404 valence electrons. The van der Waals surface area contributed by atoms with Crippen molar-refractivity contribution in [2.75, 3.05) is 0 Å². The highest BCUT2D eigenvalue weighted by Gasteiger charge is 2.23. The molecule has 0 fully saturated rings. The van der Waals surface area contributed by atoms with Crippen LogP contribution in [-0.4, -0.2) is 25.1 Å². The molecule has 4 aliphatic carbocycles. The highest BCUT2D eigenvalue weighted by atomic mass is 35.5. The van der Waals surface area contributed by atoms with Gasteiger partial charge in [0.2, 0.25) is 0 Å². The minimum absolute atomic E-state index is 0.145. The van der Waals surface area contributed by atoms with E-state index in [0.717, 1.165) is 115 Å². The van der Waals surface area contributed by atoms with Gasteiger partial charge in [0, 0.05) is 61.0 Å². The summed E-state index contributed by atoms with van der Waals surface area (Å²) in [6.45, 7) is 19.1. The standard InChI is InChI=1S/C18H18FN.2C17H15ClFN.C17H15N3/c1-11(2)15-9-18(20-10-12(15)3)14-7-13-5-4-6-17(19)16(13)8-14;2*1-10(2)13-8-17(20-9-15(13)18)12-6-11-4-3-5-16(19)14(11)7-12;1-11(2)15-8-17(20-19-10-15)14-6-12-4-3-5-13(9-18)16(12)7-14/h4-6,8-11H,7H2,1-3H3;2*3-5,7-10H,6H2,1-2H3;3-5,7-8,10-11H,6H2,1-2H3. The zero-order valence-electron chi connectivity index (χ0n) is 46.6. The van der Waals surface area contributed by atoms with Gasteiger partial charge in [0.1, 0.15) is 17.5 Å². The van der Waals surface area contributed by atoms with Crippen LogP contribution in [0.4, 0.5) is 13.2 Å². The van der Waals surface area contributed by atoms with Crippen molar-refractivity contribution in [3.8, 4) is 6.07 Å². The zero-order valence-corrected chi connectivity index (χ0v) is 48.1. The number of nitriles is 1. The van der Waals surface area contributed by atoms with E-state index in [4.69, 9.17) is 28.5 Å². The average Bonchev–Trinajstić information content (AvgIpc) is 4.29. The molecule has 0 amide bonds.